The first kappa shape index (κ1) is 21.8. The van der Waals surface area contributed by atoms with Crippen molar-refractivity contribution in [2.24, 2.45) is 5.41 Å². The Morgan fingerprint density at radius 2 is 1.85 bits per heavy atom. The largest absolute Gasteiger partial charge is 0.467 e. The highest BCUT2D eigenvalue weighted by molar-refractivity contribution is 7.98. The van der Waals surface area contributed by atoms with Crippen molar-refractivity contribution >= 4 is 23.6 Å². The lowest BCUT2D eigenvalue weighted by Crippen LogP contribution is -2.49. The summed E-state index contributed by atoms with van der Waals surface area (Å²) in [5, 5.41) is 3.04. The van der Waals surface area contributed by atoms with Gasteiger partial charge in [-0.3, -0.25) is 4.79 Å². The molecule has 0 saturated heterocycles. The molecule has 1 saturated carbocycles. The van der Waals surface area contributed by atoms with Crippen LogP contribution in [-0.4, -0.2) is 37.0 Å². The van der Waals surface area contributed by atoms with Crippen LogP contribution in [0.4, 0.5) is 0 Å². The second-order valence-electron chi connectivity index (χ2n) is 7.68. The van der Waals surface area contributed by atoms with Crippen LogP contribution in [0.2, 0.25) is 0 Å². The molecule has 1 aromatic rings. The quantitative estimate of drug-likeness (QED) is 0.477. The Balaban J connectivity index is 2.05. The van der Waals surface area contributed by atoms with E-state index in [4.69, 9.17) is 4.74 Å². The number of esters is 1. The molecule has 0 aliphatic heterocycles. The average molecular weight is 392 g/mol. The molecule has 1 aromatic carbocycles. The molecule has 4 nitrogen and oxygen atoms in total. The van der Waals surface area contributed by atoms with Gasteiger partial charge >= 0.3 is 5.97 Å². The Bertz CT molecular complexity index is 608. The number of carbonyl (C=O) groups excluding carboxylic acids is 2. The molecule has 5 heteroatoms. The number of ether oxygens (including phenoxy) is 1. The lowest BCUT2D eigenvalue weighted by molar-refractivity contribution is -0.146. The van der Waals surface area contributed by atoms with Gasteiger partial charge in [0.1, 0.15) is 6.04 Å². The van der Waals surface area contributed by atoms with Crippen molar-refractivity contribution in [2.45, 2.75) is 64.3 Å². The first-order valence-corrected chi connectivity index (χ1v) is 11.3. The minimum Gasteiger partial charge on any atom is -0.467 e. The van der Waals surface area contributed by atoms with Crippen LogP contribution in [0.25, 0.3) is 0 Å². The molecule has 0 radical (unpaired) electrons. The standard InChI is InChI=1S/C22H33NO3S/c1-17-8-10-18(11-9-17)16-19(20(24)26-2)23-21(25)22(12-4-5-13-22)14-6-7-15-27-3/h8-11,19H,4-7,12-16H2,1-3H3,(H,23,25). The molecule has 1 aliphatic carbocycles. The number of nitrogens with one attached hydrogen (secondary N) is 1. The summed E-state index contributed by atoms with van der Waals surface area (Å²) in [6.45, 7) is 2.03. The SMILES string of the molecule is COC(=O)C(Cc1ccc(C)cc1)NC(=O)C1(CCCCSC)CCCC1. The van der Waals surface area contributed by atoms with Crippen LogP contribution in [0.5, 0.6) is 0 Å². The van der Waals surface area contributed by atoms with Gasteiger partial charge in [0.15, 0.2) is 0 Å². The Hall–Kier alpha value is -1.49. The number of benzene rings is 1. The van der Waals surface area contributed by atoms with Crippen molar-refractivity contribution < 1.29 is 14.3 Å². The maximum absolute atomic E-state index is 13.2. The summed E-state index contributed by atoms with van der Waals surface area (Å²) in [6, 6.07) is 7.43. The summed E-state index contributed by atoms with van der Waals surface area (Å²) < 4.78 is 4.96. The van der Waals surface area contributed by atoms with Gasteiger partial charge in [0.05, 0.1) is 7.11 Å². The lowest BCUT2D eigenvalue weighted by atomic mass is 9.80. The van der Waals surface area contributed by atoms with Gasteiger partial charge < -0.3 is 10.1 Å². The maximum Gasteiger partial charge on any atom is 0.328 e. The first-order chi connectivity index (χ1) is 13.0. The highest BCUT2D eigenvalue weighted by Gasteiger charge is 2.41. The zero-order chi connectivity index (χ0) is 19.7. The Morgan fingerprint density at radius 3 is 2.44 bits per heavy atom. The fourth-order valence-corrected chi connectivity index (χ4v) is 4.45. The van der Waals surface area contributed by atoms with Crippen molar-refractivity contribution in [3.8, 4) is 0 Å². The molecule has 1 unspecified atom stereocenters. The third kappa shape index (κ3) is 6.27. The third-order valence-corrected chi connectivity index (χ3v) is 6.34. The lowest BCUT2D eigenvalue weighted by Gasteiger charge is -2.30. The number of methoxy groups -OCH3 is 1. The molecule has 150 valence electrons. The fourth-order valence-electron chi connectivity index (χ4n) is 3.96. The van der Waals surface area contributed by atoms with Crippen LogP contribution >= 0.6 is 11.8 Å². The van der Waals surface area contributed by atoms with Crippen LogP contribution in [0.15, 0.2) is 24.3 Å². The molecule has 0 aromatic heterocycles. The minimum absolute atomic E-state index is 0.0339. The smallest absolute Gasteiger partial charge is 0.328 e. The minimum atomic E-state index is -0.631. The monoisotopic (exact) mass is 391 g/mol. The van der Waals surface area contributed by atoms with Gasteiger partial charge in [-0.1, -0.05) is 49.1 Å². The van der Waals surface area contributed by atoms with E-state index in [1.54, 1.807) is 0 Å². The normalized spacial score (nSPS) is 16.7. The second-order valence-corrected chi connectivity index (χ2v) is 8.66. The first-order valence-electron chi connectivity index (χ1n) is 9.94. The predicted molar refractivity (Wildman–Crippen MR) is 112 cm³/mol. The molecule has 0 spiro atoms. The van der Waals surface area contributed by atoms with E-state index in [1.807, 2.05) is 43.0 Å². The fraction of sp³-hybridized carbons (Fsp3) is 0.636. The van der Waals surface area contributed by atoms with E-state index >= 15 is 0 Å². The number of amides is 1. The Kier molecular flexibility index (Phi) is 8.68. The summed E-state index contributed by atoms with van der Waals surface area (Å²) in [7, 11) is 1.38. The summed E-state index contributed by atoms with van der Waals surface area (Å²) >= 11 is 1.85. The van der Waals surface area contributed by atoms with Crippen LogP contribution < -0.4 is 5.32 Å². The summed E-state index contributed by atoms with van der Waals surface area (Å²) in [5.41, 5.74) is 1.89. The molecule has 1 atom stereocenters. The Labute approximate surface area is 167 Å². The van der Waals surface area contributed by atoms with Gasteiger partial charge in [0, 0.05) is 11.8 Å². The Morgan fingerprint density at radius 1 is 1.19 bits per heavy atom. The van der Waals surface area contributed by atoms with Crippen LogP contribution in [0.1, 0.15) is 56.1 Å². The molecule has 2 rings (SSSR count). The van der Waals surface area contributed by atoms with E-state index in [0.717, 1.165) is 56.3 Å². The highest BCUT2D eigenvalue weighted by atomic mass is 32.2. The third-order valence-electron chi connectivity index (χ3n) is 5.65. The van der Waals surface area contributed by atoms with E-state index in [0.29, 0.717) is 6.42 Å². The molecule has 0 heterocycles. The van der Waals surface area contributed by atoms with E-state index in [1.165, 1.54) is 12.7 Å². The number of unbranched alkanes of at least 4 members (excludes halogenated alkanes) is 1. The van der Waals surface area contributed by atoms with Gasteiger partial charge in [-0.15, -0.1) is 0 Å². The molecular formula is C22H33NO3S. The van der Waals surface area contributed by atoms with Gasteiger partial charge in [-0.25, -0.2) is 4.79 Å². The van der Waals surface area contributed by atoms with E-state index in [2.05, 4.69) is 11.6 Å². The van der Waals surface area contributed by atoms with E-state index < -0.39 is 6.04 Å². The molecular weight excluding hydrogens is 358 g/mol. The highest BCUT2D eigenvalue weighted by Crippen LogP contribution is 2.42. The topological polar surface area (TPSA) is 55.4 Å². The van der Waals surface area contributed by atoms with Crippen molar-refractivity contribution in [1.29, 1.82) is 0 Å². The molecule has 27 heavy (non-hydrogen) atoms. The van der Waals surface area contributed by atoms with Crippen LogP contribution in [-0.2, 0) is 20.7 Å². The number of carbonyl (C=O) groups is 2. The molecule has 1 aliphatic rings. The average Bonchev–Trinajstić information content (AvgIpc) is 3.16. The second kappa shape index (κ2) is 10.7. The zero-order valence-corrected chi connectivity index (χ0v) is 17.7. The van der Waals surface area contributed by atoms with Crippen molar-refractivity contribution in [3.05, 3.63) is 35.4 Å². The summed E-state index contributed by atoms with van der Waals surface area (Å²) in [4.78, 5) is 25.5. The molecule has 0 bridgehead atoms. The number of thioether (sulfide) groups is 1. The number of hydrogen-bond donors (Lipinski definition) is 1. The van der Waals surface area contributed by atoms with Crippen molar-refractivity contribution in [3.63, 3.8) is 0 Å². The summed E-state index contributed by atoms with van der Waals surface area (Å²) in [6.07, 6.45) is 9.74. The van der Waals surface area contributed by atoms with Crippen LogP contribution in [0.3, 0.4) is 0 Å². The number of hydrogen-bond acceptors (Lipinski definition) is 4. The predicted octanol–water partition coefficient (Wildman–Crippen LogP) is 4.29. The van der Waals surface area contributed by atoms with Crippen molar-refractivity contribution in [2.75, 3.05) is 19.1 Å². The van der Waals surface area contributed by atoms with Gasteiger partial charge in [0.2, 0.25) is 5.91 Å². The summed E-state index contributed by atoms with van der Waals surface area (Å²) in [5.74, 6) is 0.793. The van der Waals surface area contributed by atoms with E-state index in [9.17, 15) is 9.59 Å². The van der Waals surface area contributed by atoms with Crippen molar-refractivity contribution in [1.82, 2.24) is 5.32 Å². The molecule has 1 amide bonds. The maximum atomic E-state index is 13.2. The van der Waals surface area contributed by atoms with E-state index in [-0.39, 0.29) is 17.3 Å². The number of aryl methyl sites for hydroxylation is 1. The van der Waals surface area contributed by atoms with Gasteiger partial charge in [-0.2, -0.15) is 11.8 Å². The zero-order valence-electron chi connectivity index (χ0n) is 16.9. The van der Waals surface area contributed by atoms with Crippen LogP contribution in [0, 0.1) is 12.3 Å². The molecule has 1 N–H and O–H groups in total. The molecule has 1 fully saturated rings. The number of rotatable bonds is 10. The van der Waals surface area contributed by atoms with Gasteiger partial charge in [-0.05, 0) is 50.2 Å². The van der Waals surface area contributed by atoms with Gasteiger partial charge in [0.25, 0.3) is 0 Å².